The van der Waals surface area contributed by atoms with Gasteiger partial charge in [-0.15, -0.1) is 0 Å². The van der Waals surface area contributed by atoms with E-state index in [9.17, 15) is 0 Å². The summed E-state index contributed by atoms with van der Waals surface area (Å²) in [5.41, 5.74) is 15.9. The van der Waals surface area contributed by atoms with Crippen LogP contribution in [0.15, 0.2) is 48.5 Å². The van der Waals surface area contributed by atoms with Gasteiger partial charge in [0.1, 0.15) is 0 Å². The quantitative estimate of drug-likeness (QED) is 0.222. The van der Waals surface area contributed by atoms with Crippen LogP contribution in [0.3, 0.4) is 0 Å². The lowest BCUT2D eigenvalue weighted by Gasteiger charge is -2.13. The molecule has 4 aromatic carbocycles. The first-order chi connectivity index (χ1) is 15.3. The van der Waals surface area contributed by atoms with Crippen molar-refractivity contribution in [2.24, 2.45) is 0 Å². The Labute approximate surface area is 187 Å². The molecule has 2 heteroatoms. The fourth-order valence-electron chi connectivity index (χ4n) is 5.89. The number of aryl methyl sites for hydroxylation is 6. The third-order valence-electron chi connectivity index (χ3n) is 7.68. The van der Waals surface area contributed by atoms with Gasteiger partial charge < -0.3 is 8.80 Å². The highest BCUT2D eigenvalue weighted by Gasteiger charge is 2.22. The number of nitrogens with zero attached hydrogens (tertiary/aromatic N) is 2. The van der Waals surface area contributed by atoms with E-state index in [1.807, 2.05) is 0 Å². The molecule has 0 amide bonds. The van der Waals surface area contributed by atoms with E-state index in [-0.39, 0.29) is 0 Å². The Bertz CT molecular complexity index is 1780. The van der Waals surface area contributed by atoms with Crippen LogP contribution >= 0.6 is 0 Å². The molecule has 0 saturated carbocycles. The van der Waals surface area contributed by atoms with Crippen molar-refractivity contribution in [3.8, 4) is 0 Å². The molecule has 3 aromatic heterocycles. The summed E-state index contributed by atoms with van der Waals surface area (Å²) in [4.78, 5) is 0. The number of fused-ring (bicyclic) bond motifs is 8. The van der Waals surface area contributed by atoms with Gasteiger partial charge in [-0.3, -0.25) is 0 Å². The second-order valence-corrected chi connectivity index (χ2v) is 9.94. The molecule has 156 valence electrons. The highest BCUT2D eigenvalue weighted by Crippen LogP contribution is 2.42. The van der Waals surface area contributed by atoms with Crippen molar-refractivity contribution < 1.29 is 0 Å². The van der Waals surface area contributed by atoms with Gasteiger partial charge in [-0.2, -0.15) is 0 Å². The summed E-state index contributed by atoms with van der Waals surface area (Å²) in [6.45, 7) is 13.3. The van der Waals surface area contributed by atoms with Gasteiger partial charge in [0.25, 0.3) is 0 Å². The van der Waals surface area contributed by atoms with E-state index in [0.29, 0.717) is 0 Å². The largest absolute Gasteiger partial charge is 0.305 e. The predicted octanol–water partition coefficient (Wildman–Crippen LogP) is 8.09. The standard InChI is InChI=1S/C30H26N2/c1-15-7-23-21-11-17(3)19(5)13-25(21)32-28-10-16(2)8-24-22-12-18(4)20(6)14-26(22)31(30(24)28)27(9-15)29(23)32/h7-14H,1-6H3. The molecule has 2 nitrogen and oxygen atoms in total. The molecule has 7 aromatic rings. The second kappa shape index (κ2) is 5.63. The van der Waals surface area contributed by atoms with Crippen molar-refractivity contribution in [2.75, 3.05) is 0 Å². The zero-order valence-corrected chi connectivity index (χ0v) is 19.5. The molecule has 0 aliphatic carbocycles. The lowest BCUT2D eigenvalue weighted by molar-refractivity contribution is 1.24. The first kappa shape index (κ1) is 18.1. The normalized spacial score (nSPS) is 12.7. The fourth-order valence-corrected chi connectivity index (χ4v) is 5.89. The van der Waals surface area contributed by atoms with Gasteiger partial charge in [-0.05, 0) is 123 Å². The molecular formula is C30H26N2. The van der Waals surface area contributed by atoms with Crippen LogP contribution in [-0.4, -0.2) is 8.80 Å². The maximum Gasteiger partial charge on any atom is 0.0783 e. The van der Waals surface area contributed by atoms with Gasteiger partial charge >= 0.3 is 0 Å². The molecule has 0 atom stereocenters. The SMILES string of the molecule is Cc1cc2c3cc(C)c(C)cc3n3c4cc(C)cc5c6cc(C)c(C)cc6n(c(c1)c23)c54. The predicted molar refractivity (Wildman–Crippen MR) is 138 cm³/mol. The molecule has 32 heavy (non-hydrogen) atoms. The number of rotatable bonds is 0. The summed E-state index contributed by atoms with van der Waals surface area (Å²) < 4.78 is 5.06. The van der Waals surface area contributed by atoms with E-state index >= 15 is 0 Å². The monoisotopic (exact) mass is 414 g/mol. The van der Waals surface area contributed by atoms with Gasteiger partial charge in [0.05, 0.1) is 33.1 Å². The number of hydrogen-bond donors (Lipinski definition) is 0. The zero-order valence-electron chi connectivity index (χ0n) is 19.5. The van der Waals surface area contributed by atoms with Crippen molar-refractivity contribution in [2.45, 2.75) is 41.5 Å². The Morgan fingerprint density at radius 1 is 0.375 bits per heavy atom. The van der Waals surface area contributed by atoms with Crippen LogP contribution in [0.25, 0.3) is 54.6 Å². The maximum absolute atomic E-state index is 2.53. The first-order valence-electron chi connectivity index (χ1n) is 11.5. The summed E-state index contributed by atoms with van der Waals surface area (Å²) >= 11 is 0. The topological polar surface area (TPSA) is 8.82 Å². The Hall–Kier alpha value is -3.52. The average Bonchev–Trinajstić information content (AvgIpc) is 3.21. The highest BCUT2D eigenvalue weighted by molar-refractivity contribution is 6.22. The Balaban J connectivity index is 1.95. The van der Waals surface area contributed by atoms with Crippen LogP contribution in [-0.2, 0) is 0 Å². The van der Waals surface area contributed by atoms with E-state index in [1.165, 1.54) is 88.0 Å². The summed E-state index contributed by atoms with van der Waals surface area (Å²) in [6.07, 6.45) is 0. The minimum absolute atomic E-state index is 1.30. The highest BCUT2D eigenvalue weighted by atomic mass is 15.0. The van der Waals surface area contributed by atoms with Gasteiger partial charge in [0.15, 0.2) is 0 Å². The molecular weight excluding hydrogens is 388 g/mol. The second-order valence-electron chi connectivity index (χ2n) is 9.94. The molecule has 0 saturated heterocycles. The van der Waals surface area contributed by atoms with E-state index in [1.54, 1.807) is 0 Å². The molecule has 0 spiro atoms. The lowest BCUT2D eigenvalue weighted by atomic mass is 10.0. The third kappa shape index (κ3) is 2.01. The van der Waals surface area contributed by atoms with Gasteiger partial charge in [0.2, 0.25) is 0 Å². The van der Waals surface area contributed by atoms with Crippen LogP contribution in [0, 0.1) is 41.5 Å². The summed E-state index contributed by atoms with van der Waals surface area (Å²) in [7, 11) is 0. The van der Waals surface area contributed by atoms with Crippen molar-refractivity contribution in [3.63, 3.8) is 0 Å². The molecule has 0 N–H and O–H groups in total. The van der Waals surface area contributed by atoms with Gasteiger partial charge in [-0.1, -0.05) is 0 Å². The number of hydrogen-bond acceptors (Lipinski definition) is 0. The summed E-state index contributed by atoms with van der Waals surface area (Å²) in [5.74, 6) is 0. The average molecular weight is 415 g/mol. The summed E-state index contributed by atoms with van der Waals surface area (Å²) in [6, 6.07) is 19.0. The van der Waals surface area contributed by atoms with Crippen LogP contribution in [0.4, 0.5) is 0 Å². The molecule has 0 fully saturated rings. The van der Waals surface area contributed by atoms with Gasteiger partial charge in [0, 0.05) is 21.5 Å². The fraction of sp³-hybridized carbons (Fsp3) is 0.200. The van der Waals surface area contributed by atoms with E-state index < -0.39 is 0 Å². The Morgan fingerprint density at radius 2 is 0.750 bits per heavy atom. The van der Waals surface area contributed by atoms with Crippen molar-refractivity contribution in [1.82, 2.24) is 8.80 Å². The van der Waals surface area contributed by atoms with Crippen LogP contribution in [0.1, 0.15) is 33.4 Å². The Morgan fingerprint density at radius 3 is 1.16 bits per heavy atom. The lowest BCUT2D eigenvalue weighted by Crippen LogP contribution is -1.98. The molecule has 0 bridgehead atoms. The maximum atomic E-state index is 2.53. The Kier molecular flexibility index (Phi) is 3.19. The van der Waals surface area contributed by atoms with Crippen LogP contribution in [0.5, 0.6) is 0 Å². The molecule has 0 radical (unpaired) electrons. The third-order valence-corrected chi connectivity index (χ3v) is 7.68. The number of aromatic nitrogens is 2. The van der Waals surface area contributed by atoms with Gasteiger partial charge in [-0.25, -0.2) is 0 Å². The van der Waals surface area contributed by atoms with E-state index in [0.717, 1.165) is 0 Å². The first-order valence-corrected chi connectivity index (χ1v) is 11.5. The van der Waals surface area contributed by atoms with Crippen LogP contribution in [0.2, 0.25) is 0 Å². The summed E-state index contributed by atoms with van der Waals surface area (Å²) in [5, 5.41) is 5.41. The minimum Gasteiger partial charge on any atom is -0.305 e. The van der Waals surface area contributed by atoms with E-state index in [2.05, 4.69) is 98.9 Å². The van der Waals surface area contributed by atoms with E-state index in [4.69, 9.17) is 0 Å². The molecule has 0 aliphatic heterocycles. The smallest absolute Gasteiger partial charge is 0.0783 e. The van der Waals surface area contributed by atoms with Crippen molar-refractivity contribution in [1.29, 1.82) is 0 Å². The van der Waals surface area contributed by atoms with Crippen molar-refractivity contribution >= 4 is 54.6 Å². The molecule has 0 aliphatic rings. The molecule has 7 rings (SSSR count). The van der Waals surface area contributed by atoms with Crippen LogP contribution < -0.4 is 0 Å². The number of benzene rings is 4. The molecule has 3 heterocycles. The van der Waals surface area contributed by atoms with Crippen molar-refractivity contribution in [3.05, 3.63) is 81.9 Å². The minimum atomic E-state index is 1.30. The molecule has 0 unspecified atom stereocenters. The zero-order chi connectivity index (χ0) is 22.0.